The van der Waals surface area contributed by atoms with E-state index in [0.717, 1.165) is 42.7 Å². The molecule has 0 bridgehead atoms. The number of thiazole rings is 1. The van der Waals surface area contributed by atoms with Crippen molar-refractivity contribution in [2.45, 2.75) is 19.4 Å². The number of nitrogens with zero attached hydrogens (tertiary/aromatic N) is 4. The lowest BCUT2D eigenvalue weighted by molar-refractivity contribution is 0.169. The molecule has 0 saturated carbocycles. The maximum atomic E-state index is 9.78. The standard InChI is InChI=1S/C15H20N4OS/c1-2-14(20)13-4-3-12(11-17-13)18-6-8-19(9-7-18)15-16-5-10-21-15/h3-5,10-11,14,20H,2,6-9H2,1H3/t14-/m1/s1. The third kappa shape index (κ3) is 3.16. The molecule has 21 heavy (non-hydrogen) atoms. The Morgan fingerprint density at radius 1 is 1.19 bits per heavy atom. The number of aliphatic hydroxyl groups is 1. The molecule has 3 heterocycles. The van der Waals surface area contributed by atoms with Crippen LogP contribution in [-0.4, -0.2) is 41.3 Å². The Balaban J connectivity index is 1.61. The molecule has 0 aromatic carbocycles. The summed E-state index contributed by atoms with van der Waals surface area (Å²) in [6, 6.07) is 3.98. The van der Waals surface area contributed by atoms with Crippen molar-refractivity contribution >= 4 is 22.2 Å². The van der Waals surface area contributed by atoms with Gasteiger partial charge in [0, 0.05) is 37.8 Å². The van der Waals surface area contributed by atoms with Crippen molar-refractivity contribution in [1.82, 2.24) is 9.97 Å². The predicted octanol–water partition coefficient (Wildman–Crippen LogP) is 2.31. The summed E-state index contributed by atoms with van der Waals surface area (Å²) >= 11 is 1.69. The van der Waals surface area contributed by atoms with Crippen molar-refractivity contribution in [3.63, 3.8) is 0 Å². The van der Waals surface area contributed by atoms with Gasteiger partial charge in [-0.2, -0.15) is 0 Å². The summed E-state index contributed by atoms with van der Waals surface area (Å²) in [5.41, 5.74) is 1.88. The number of hydrogen-bond donors (Lipinski definition) is 1. The molecular formula is C15H20N4OS. The first kappa shape index (κ1) is 14.3. The zero-order chi connectivity index (χ0) is 14.7. The molecule has 1 N–H and O–H groups in total. The van der Waals surface area contributed by atoms with E-state index in [9.17, 15) is 5.11 Å². The average Bonchev–Trinajstić information content (AvgIpc) is 3.09. The summed E-state index contributed by atoms with van der Waals surface area (Å²) < 4.78 is 0. The van der Waals surface area contributed by atoms with Crippen LogP contribution in [0.2, 0.25) is 0 Å². The van der Waals surface area contributed by atoms with Gasteiger partial charge in [0.05, 0.1) is 23.7 Å². The molecule has 0 spiro atoms. The van der Waals surface area contributed by atoms with Crippen LogP contribution in [0.4, 0.5) is 10.8 Å². The maximum absolute atomic E-state index is 9.78. The van der Waals surface area contributed by atoms with Gasteiger partial charge in [0.15, 0.2) is 5.13 Å². The first-order valence-electron chi connectivity index (χ1n) is 7.31. The van der Waals surface area contributed by atoms with E-state index in [-0.39, 0.29) is 0 Å². The molecular weight excluding hydrogens is 284 g/mol. The van der Waals surface area contributed by atoms with Gasteiger partial charge in [0.1, 0.15) is 0 Å². The molecule has 2 aromatic heterocycles. The number of hydrogen-bond acceptors (Lipinski definition) is 6. The van der Waals surface area contributed by atoms with Crippen LogP contribution >= 0.6 is 11.3 Å². The highest BCUT2D eigenvalue weighted by Gasteiger charge is 2.19. The van der Waals surface area contributed by atoms with Crippen LogP contribution in [0, 0.1) is 0 Å². The summed E-state index contributed by atoms with van der Waals surface area (Å²) in [5, 5.41) is 12.9. The van der Waals surface area contributed by atoms with Crippen molar-refractivity contribution in [3.05, 3.63) is 35.6 Å². The zero-order valence-corrected chi connectivity index (χ0v) is 13.0. The van der Waals surface area contributed by atoms with Crippen LogP contribution in [0.25, 0.3) is 0 Å². The summed E-state index contributed by atoms with van der Waals surface area (Å²) in [4.78, 5) is 13.4. The van der Waals surface area contributed by atoms with Gasteiger partial charge in [-0.25, -0.2) is 4.98 Å². The number of rotatable bonds is 4. The summed E-state index contributed by atoms with van der Waals surface area (Å²) in [6.07, 6.45) is 3.96. The average molecular weight is 304 g/mol. The second-order valence-corrected chi connectivity index (χ2v) is 6.03. The highest BCUT2D eigenvalue weighted by atomic mass is 32.1. The highest BCUT2D eigenvalue weighted by Crippen LogP contribution is 2.22. The van der Waals surface area contributed by atoms with Crippen molar-refractivity contribution in [3.8, 4) is 0 Å². The lowest BCUT2D eigenvalue weighted by Crippen LogP contribution is -2.46. The van der Waals surface area contributed by atoms with Gasteiger partial charge >= 0.3 is 0 Å². The molecule has 1 saturated heterocycles. The van der Waals surface area contributed by atoms with E-state index in [1.165, 1.54) is 0 Å². The Morgan fingerprint density at radius 3 is 2.52 bits per heavy atom. The van der Waals surface area contributed by atoms with Crippen LogP contribution in [0.3, 0.4) is 0 Å². The van der Waals surface area contributed by atoms with Gasteiger partial charge in [0.2, 0.25) is 0 Å². The van der Waals surface area contributed by atoms with Crippen molar-refractivity contribution in [2.75, 3.05) is 36.0 Å². The molecule has 3 rings (SSSR count). The van der Waals surface area contributed by atoms with Crippen molar-refractivity contribution in [2.24, 2.45) is 0 Å². The van der Waals surface area contributed by atoms with E-state index in [1.54, 1.807) is 11.3 Å². The van der Waals surface area contributed by atoms with Crippen LogP contribution < -0.4 is 9.80 Å². The Morgan fingerprint density at radius 2 is 1.95 bits per heavy atom. The first-order chi connectivity index (χ1) is 10.3. The fourth-order valence-corrected chi connectivity index (χ4v) is 3.22. The number of aliphatic hydroxyl groups excluding tert-OH is 1. The Labute approximate surface area is 128 Å². The number of pyridine rings is 1. The largest absolute Gasteiger partial charge is 0.387 e. The van der Waals surface area contributed by atoms with Crippen molar-refractivity contribution in [1.29, 1.82) is 0 Å². The summed E-state index contributed by atoms with van der Waals surface area (Å²) in [5.74, 6) is 0. The predicted molar refractivity (Wildman–Crippen MR) is 86.0 cm³/mol. The Kier molecular flexibility index (Phi) is 4.36. The van der Waals surface area contributed by atoms with Gasteiger partial charge in [-0.05, 0) is 18.6 Å². The second kappa shape index (κ2) is 6.41. The Bertz CT molecular complexity index is 550. The smallest absolute Gasteiger partial charge is 0.185 e. The highest BCUT2D eigenvalue weighted by molar-refractivity contribution is 7.13. The van der Waals surface area contributed by atoms with Gasteiger partial charge < -0.3 is 14.9 Å². The second-order valence-electron chi connectivity index (χ2n) is 5.15. The van der Waals surface area contributed by atoms with Crippen LogP contribution in [-0.2, 0) is 0 Å². The molecule has 5 nitrogen and oxygen atoms in total. The lowest BCUT2D eigenvalue weighted by atomic mass is 10.2. The molecule has 1 atom stereocenters. The van der Waals surface area contributed by atoms with E-state index in [2.05, 4.69) is 25.8 Å². The first-order valence-corrected chi connectivity index (χ1v) is 8.19. The van der Waals surface area contributed by atoms with Crippen molar-refractivity contribution < 1.29 is 5.11 Å². The molecule has 1 fully saturated rings. The van der Waals surface area contributed by atoms with Gasteiger partial charge in [-0.1, -0.05) is 6.92 Å². The number of piperazine rings is 1. The van der Waals surface area contributed by atoms with E-state index < -0.39 is 6.10 Å². The maximum Gasteiger partial charge on any atom is 0.185 e. The Hall–Kier alpha value is -1.66. The fraction of sp³-hybridized carbons (Fsp3) is 0.467. The summed E-state index contributed by atoms with van der Waals surface area (Å²) in [7, 11) is 0. The number of anilines is 2. The van der Waals surface area contributed by atoms with Gasteiger partial charge in [-0.15, -0.1) is 11.3 Å². The minimum absolute atomic E-state index is 0.458. The molecule has 0 unspecified atom stereocenters. The topological polar surface area (TPSA) is 52.5 Å². The quantitative estimate of drug-likeness (QED) is 0.939. The molecule has 112 valence electrons. The number of aromatic nitrogens is 2. The SMILES string of the molecule is CC[C@@H](O)c1ccc(N2CCN(c3nccs3)CC2)cn1. The van der Waals surface area contributed by atoms with Crippen LogP contribution in [0.1, 0.15) is 25.1 Å². The summed E-state index contributed by atoms with van der Waals surface area (Å²) in [6.45, 7) is 5.85. The van der Waals surface area contributed by atoms with Crippen LogP contribution in [0.5, 0.6) is 0 Å². The zero-order valence-electron chi connectivity index (χ0n) is 12.1. The van der Waals surface area contributed by atoms with Crippen LogP contribution in [0.15, 0.2) is 29.9 Å². The molecule has 1 aliphatic heterocycles. The third-order valence-corrected chi connectivity index (χ3v) is 4.67. The molecule has 0 amide bonds. The lowest BCUT2D eigenvalue weighted by Gasteiger charge is -2.35. The van der Waals surface area contributed by atoms with Gasteiger partial charge in [0.25, 0.3) is 0 Å². The van der Waals surface area contributed by atoms with E-state index in [0.29, 0.717) is 6.42 Å². The minimum Gasteiger partial charge on any atom is -0.387 e. The van der Waals surface area contributed by atoms with E-state index >= 15 is 0 Å². The minimum atomic E-state index is -0.458. The van der Waals surface area contributed by atoms with E-state index in [4.69, 9.17) is 0 Å². The monoisotopic (exact) mass is 304 g/mol. The molecule has 2 aromatic rings. The molecule has 0 radical (unpaired) electrons. The fourth-order valence-electron chi connectivity index (χ4n) is 2.52. The molecule has 0 aliphatic carbocycles. The third-order valence-electron chi connectivity index (χ3n) is 3.83. The van der Waals surface area contributed by atoms with E-state index in [1.807, 2.05) is 30.8 Å². The molecule has 1 aliphatic rings. The van der Waals surface area contributed by atoms with Gasteiger partial charge in [-0.3, -0.25) is 4.98 Å². The normalized spacial score (nSPS) is 17.0. The molecule has 6 heteroatoms.